The van der Waals surface area contributed by atoms with Crippen molar-refractivity contribution in [3.8, 4) is 0 Å². The van der Waals surface area contributed by atoms with Crippen molar-refractivity contribution in [2.24, 2.45) is 11.8 Å². The van der Waals surface area contributed by atoms with Gasteiger partial charge < -0.3 is 14.7 Å². The van der Waals surface area contributed by atoms with Crippen molar-refractivity contribution in [2.75, 3.05) is 39.3 Å². The molecule has 3 heterocycles. The van der Waals surface area contributed by atoms with Crippen LogP contribution in [0.4, 0.5) is 4.79 Å². The van der Waals surface area contributed by atoms with Gasteiger partial charge in [-0.05, 0) is 45.4 Å². The number of benzene rings is 1. The predicted octanol–water partition coefficient (Wildman–Crippen LogP) is 3.34. The molecule has 1 aromatic rings. The highest BCUT2D eigenvalue weighted by atomic mass is 16.2. The van der Waals surface area contributed by atoms with Crippen LogP contribution >= 0.6 is 0 Å². The van der Waals surface area contributed by atoms with Crippen molar-refractivity contribution in [3.05, 3.63) is 35.4 Å². The van der Waals surface area contributed by atoms with Gasteiger partial charge in [-0.1, -0.05) is 29.8 Å². The molecule has 0 atom stereocenters. The Balaban J connectivity index is 1.24. The Morgan fingerprint density at radius 1 is 0.700 bits per heavy atom. The first-order valence-corrected chi connectivity index (χ1v) is 11.5. The normalized spacial score (nSPS) is 21.2. The Labute approximate surface area is 179 Å². The summed E-state index contributed by atoms with van der Waals surface area (Å²) in [6, 6.07) is 7.92. The minimum absolute atomic E-state index is 0.0108. The van der Waals surface area contributed by atoms with Crippen molar-refractivity contribution < 1.29 is 14.4 Å². The van der Waals surface area contributed by atoms with E-state index in [0.717, 1.165) is 62.7 Å². The third kappa shape index (κ3) is 4.52. The molecule has 6 nitrogen and oxygen atoms in total. The van der Waals surface area contributed by atoms with Crippen LogP contribution in [0.2, 0.25) is 0 Å². The summed E-state index contributed by atoms with van der Waals surface area (Å²) in [5.41, 5.74) is 1.93. The van der Waals surface area contributed by atoms with Gasteiger partial charge in [-0.15, -0.1) is 0 Å². The molecule has 162 valence electrons. The standard InChI is InChI=1S/C24H33N3O3/c1-18-4-6-19(7-5-18)22(28)20-8-14-25(15-9-20)23(29)21-10-16-27(17-11-21)24(30)26-12-2-3-13-26/h4-7,20-21H,2-3,8-17H2,1H3. The highest BCUT2D eigenvalue weighted by Gasteiger charge is 2.34. The van der Waals surface area contributed by atoms with Crippen molar-refractivity contribution in [3.63, 3.8) is 0 Å². The van der Waals surface area contributed by atoms with Crippen LogP contribution in [0.25, 0.3) is 0 Å². The number of urea groups is 1. The highest BCUT2D eigenvalue weighted by Crippen LogP contribution is 2.26. The number of Topliss-reactive ketones (excluding diaryl/α,β-unsaturated/α-hetero) is 1. The molecule has 0 bridgehead atoms. The summed E-state index contributed by atoms with van der Waals surface area (Å²) >= 11 is 0. The molecule has 3 amide bonds. The summed E-state index contributed by atoms with van der Waals surface area (Å²) < 4.78 is 0. The number of carbonyl (C=O) groups is 3. The third-order valence-corrected chi connectivity index (χ3v) is 7.00. The van der Waals surface area contributed by atoms with E-state index < -0.39 is 0 Å². The molecule has 0 aromatic heterocycles. The summed E-state index contributed by atoms with van der Waals surface area (Å²) in [5.74, 6) is 0.439. The van der Waals surface area contributed by atoms with Crippen LogP contribution < -0.4 is 0 Å². The number of aryl methyl sites for hydroxylation is 1. The molecule has 0 radical (unpaired) electrons. The molecule has 3 saturated heterocycles. The van der Waals surface area contributed by atoms with Crippen LogP contribution in [0.1, 0.15) is 54.4 Å². The second-order valence-electron chi connectivity index (χ2n) is 9.07. The summed E-state index contributed by atoms with van der Waals surface area (Å²) in [4.78, 5) is 44.1. The Hall–Kier alpha value is -2.37. The SMILES string of the molecule is Cc1ccc(C(=O)C2CCN(C(=O)C3CCN(C(=O)N4CCCC4)CC3)CC2)cc1. The number of piperidine rings is 2. The lowest BCUT2D eigenvalue weighted by Gasteiger charge is -2.38. The number of nitrogens with zero attached hydrogens (tertiary/aromatic N) is 3. The first-order chi connectivity index (χ1) is 14.5. The molecule has 0 saturated carbocycles. The maximum Gasteiger partial charge on any atom is 0.319 e. The monoisotopic (exact) mass is 411 g/mol. The Kier molecular flexibility index (Phi) is 6.40. The average Bonchev–Trinajstić information content (AvgIpc) is 3.33. The molecule has 3 fully saturated rings. The van der Waals surface area contributed by atoms with Crippen molar-refractivity contribution >= 4 is 17.7 Å². The van der Waals surface area contributed by atoms with Gasteiger partial charge in [0.05, 0.1) is 0 Å². The van der Waals surface area contributed by atoms with Gasteiger partial charge in [-0.2, -0.15) is 0 Å². The second kappa shape index (κ2) is 9.19. The molecule has 0 unspecified atom stereocenters. The average molecular weight is 412 g/mol. The number of amides is 3. The Bertz CT molecular complexity index is 769. The number of carbonyl (C=O) groups excluding carboxylic acids is 3. The lowest BCUT2D eigenvalue weighted by atomic mass is 9.87. The number of rotatable bonds is 3. The smallest absolute Gasteiger partial charge is 0.319 e. The minimum Gasteiger partial charge on any atom is -0.342 e. The minimum atomic E-state index is 0.0108. The van der Waals surface area contributed by atoms with Gasteiger partial charge in [-0.3, -0.25) is 9.59 Å². The van der Waals surface area contributed by atoms with Gasteiger partial charge in [0.2, 0.25) is 5.91 Å². The number of ketones is 1. The van der Waals surface area contributed by atoms with E-state index >= 15 is 0 Å². The van der Waals surface area contributed by atoms with E-state index in [1.165, 1.54) is 0 Å². The summed E-state index contributed by atoms with van der Waals surface area (Å²) in [7, 11) is 0. The first-order valence-electron chi connectivity index (χ1n) is 11.5. The maximum absolute atomic E-state index is 13.0. The molecule has 30 heavy (non-hydrogen) atoms. The molecule has 1 aromatic carbocycles. The van der Waals surface area contributed by atoms with Gasteiger partial charge in [0.15, 0.2) is 5.78 Å². The van der Waals surface area contributed by atoms with E-state index in [1.54, 1.807) is 0 Å². The Morgan fingerprint density at radius 3 is 1.80 bits per heavy atom. The van der Waals surface area contributed by atoms with Crippen LogP contribution in [0.5, 0.6) is 0 Å². The van der Waals surface area contributed by atoms with Crippen LogP contribution in [0, 0.1) is 18.8 Å². The van der Waals surface area contributed by atoms with E-state index in [9.17, 15) is 14.4 Å². The van der Waals surface area contributed by atoms with Gasteiger partial charge in [0, 0.05) is 56.7 Å². The van der Waals surface area contributed by atoms with Gasteiger partial charge in [0.1, 0.15) is 0 Å². The van der Waals surface area contributed by atoms with Gasteiger partial charge in [-0.25, -0.2) is 4.79 Å². The fourth-order valence-electron chi connectivity index (χ4n) is 5.00. The van der Waals surface area contributed by atoms with Gasteiger partial charge in [0.25, 0.3) is 0 Å². The fourth-order valence-corrected chi connectivity index (χ4v) is 5.00. The molecule has 0 N–H and O–H groups in total. The predicted molar refractivity (Wildman–Crippen MR) is 115 cm³/mol. The fraction of sp³-hybridized carbons (Fsp3) is 0.625. The van der Waals surface area contributed by atoms with Crippen molar-refractivity contribution in [1.29, 1.82) is 0 Å². The van der Waals surface area contributed by atoms with Crippen LogP contribution in [-0.4, -0.2) is 71.7 Å². The maximum atomic E-state index is 13.0. The molecule has 0 aliphatic carbocycles. The highest BCUT2D eigenvalue weighted by molar-refractivity contribution is 5.98. The lowest BCUT2D eigenvalue weighted by molar-refractivity contribution is -0.138. The van der Waals surface area contributed by atoms with E-state index in [4.69, 9.17) is 0 Å². The van der Waals surface area contributed by atoms with Crippen LogP contribution in [0.15, 0.2) is 24.3 Å². The molecular weight excluding hydrogens is 378 g/mol. The Morgan fingerprint density at radius 2 is 1.20 bits per heavy atom. The zero-order valence-electron chi connectivity index (χ0n) is 18.0. The quantitative estimate of drug-likeness (QED) is 0.717. The molecule has 4 rings (SSSR count). The summed E-state index contributed by atoms with van der Waals surface area (Å²) in [5, 5.41) is 0. The molecule has 0 spiro atoms. The molecule has 3 aliphatic rings. The lowest BCUT2D eigenvalue weighted by Crippen LogP contribution is -2.49. The largest absolute Gasteiger partial charge is 0.342 e. The first kappa shape index (κ1) is 20.9. The van der Waals surface area contributed by atoms with E-state index in [0.29, 0.717) is 26.2 Å². The molecule has 6 heteroatoms. The molecule has 3 aliphatic heterocycles. The molecular formula is C24H33N3O3. The zero-order valence-corrected chi connectivity index (χ0v) is 18.0. The van der Waals surface area contributed by atoms with Gasteiger partial charge >= 0.3 is 6.03 Å². The van der Waals surface area contributed by atoms with Crippen LogP contribution in [-0.2, 0) is 4.79 Å². The topological polar surface area (TPSA) is 60.9 Å². The summed E-state index contributed by atoms with van der Waals surface area (Å²) in [6.07, 6.45) is 5.18. The van der Waals surface area contributed by atoms with E-state index in [2.05, 4.69) is 0 Å². The summed E-state index contributed by atoms with van der Waals surface area (Å²) in [6.45, 7) is 6.43. The number of likely N-dealkylation sites (tertiary alicyclic amines) is 3. The second-order valence-corrected chi connectivity index (χ2v) is 9.07. The number of hydrogen-bond donors (Lipinski definition) is 0. The van der Waals surface area contributed by atoms with Crippen molar-refractivity contribution in [2.45, 2.75) is 45.4 Å². The van der Waals surface area contributed by atoms with Crippen molar-refractivity contribution in [1.82, 2.24) is 14.7 Å². The van der Waals surface area contributed by atoms with E-state index in [-0.39, 0.29) is 29.6 Å². The number of hydrogen-bond acceptors (Lipinski definition) is 3. The van der Waals surface area contributed by atoms with Crippen LogP contribution in [0.3, 0.4) is 0 Å². The third-order valence-electron chi connectivity index (χ3n) is 7.00. The van der Waals surface area contributed by atoms with E-state index in [1.807, 2.05) is 45.9 Å². The zero-order chi connectivity index (χ0) is 21.1.